The van der Waals surface area contributed by atoms with Crippen LogP contribution in [0.1, 0.15) is 44.7 Å². The summed E-state index contributed by atoms with van der Waals surface area (Å²) in [5, 5.41) is 2.70. The van der Waals surface area contributed by atoms with Gasteiger partial charge in [-0.25, -0.2) is 0 Å². The molecule has 0 saturated carbocycles. The summed E-state index contributed by atoms with van der Waals surface area (Å²) < 4.78 is 0. The molecular weight excluding hydrogens is 454 g/mol. The number of hydrogen-bond acceptors (Lipinski definition) is 4. The number of imide groups is 1. The molecule has 0 aromatic heterocycles. The van der Waals surface area contributed by atoms with Gasteiger partial charge >= 0.3 is 0 Å². The molecule has 0 saturated heterocycles. The van der Waals surface area contributed by atoms with Gasteiger partial charge < -0.3 is 10.2 Å². The van der Waals surface area contributed by atoms with E-state index >= 15 is 0 Å². The highest BCUT2D eigenvalue weighted by molar-refractivity contribution is 6.21. The van der Waals surface area contributed by atoms with Crippen molar-refractivity contribution >= 4 is 23.6 Å². The molecule has 1 heterocycles. The van der Waals surface area contributed by atoms with Gasteiger partial charge in [-0.1, -0.05) is 72.8 Å². The molecule has 7 heteroatoms. The molecule has 0 fully saturated rings. The van der Waals surface area contributed by atoms with Crippen molar-refractivity contribution in [1.82, 2.24) is 15.1 Å². The zero-order valence-corrected chi connectivity index (χ0v) is 20.2. The van der Waals surface area contributed by atoms with Gasteiger partial charge in [-0.05, 0) is 29.7 Å². The number of rotatable bonds is 10. The number of hydrogen-bond donors (Lipinski definition) is 1. The summed E-state index contributed by atoms with van der Waals surface area (Å²) in [6.07, 6.45) is 0.779. The number of fused-ring (bicyclic) bond motifs is 1. The van der Waals surface area contributed by atoms with E-state index in [-0.39, 0.29) is 43.1 Å². The molecule has 0 radical (unpaired) electrons. The van der Waals surface area contributed by atoms with Gasteiger partial charge in [-0.15, -0.1) is 0 Å². The van der Waals surface area contributed by atoms with Gasteiger partial charge in [-0.2, -0.15) is 0 Å². The summed E-state index contributed by atoms with van der Waals surface area (Å²) in [6.45, 7) is 0.415. The van der Waals surface area contributed by atoms with Crippen LogP contribution in [0.4, 0.5) is 0 Å². The van der Waals surface area contributed by atoms with E-state index in [1.807, 2.05) is 60.7 Å². The highest BCUT2D eigenvalue weighted by Crippen LogP contribution is 2.23. The average molecular weight is 484 g/mol. The second kappa shape index (κ2) is 11.4. The van der Waals surface area contributed by atoms with E-state index in [0.29, 0.717) is 24.0 Å². The first-order chi connectivity index (χ1) is 17.5. The third-order valence-electron chi connectivity index (χ3n) is 6.36. The van der Waals surface area contributed by atoms with E-state index in [4.69, 9.17) is 0 Å². The molecule has 3 aromatic carbocycles. The van der Waals surface area contributed by atoms with Gasteiger partial charge in [0.05, 0.1) is 11.1 Å². The number of amides is 4. The highest BCUT2D eigenvalue weighted by atomic mass is 16.2. The fraction of sp³-hybridized carbons (Fsp3) is 0.241. The first-order valence-corrected chi connectivity index (χ1v) is 12.0. The number of nitrogens with one attached hydrogen (secondary N) is 1. The fourth-order valence-corrected chi connectivity index (χ4v) is 4.47. The minimum Gasteiger partial charge on any atom is -0.357 e. The number of benzene rings is 3. The van der Waals surface area contributed by atoms with E-state index < -0.39 is 6.04 Å². The lowest BCUT2D eigenvalue weighted by Crippen LogP contribution is -2.49. The van der Waals surface area contributed by atoms with Gasteiger partial charge in [0.25, 0.3) is 11.8 Å². The molecule has 0 spiro atoms. The van der Waals surface area contributed by atoms with Crippen LogP contribution >= 0.6 is 0 Å². The van der Waals surface area contributed by atoms with Crippen molar-refractivity contribution < 1.29 is 19.2 Å². The number of nitrogens with zero attached hydrogens (tertiary/aromatic N) is 2. The number of carbonyl (C=O) groups excluding carboxylic acids is 4. The third kappa shape index (κ3) is 5.51. The van der Waals surface area contributed by atoms with Crippen LogP contribution in [0.5, 0.6) is 0 Å². The van der Waals surface area contributed by atoms with Gasteiger partial charge in [0.1, 0.15) is 6.04 Å². The molecule has 1 N–H and O–H groups in total. The average Bonchev–Trinajstić information content (AvgIpc) is 3.16. The molecule has 7 nitrogen and oxygen atoms in total. The summed E-state index contributed by atoms with van der Waals surface area (Å²) in [5.41, 5.74) is 2.64. The third-order valence-corrected chi connectivity index (χ3v) is 6.36. The summed E-state index contributed by atoms with van der Waals surface area (Å²) in [5.74, 6) is -1.13. The van der Waals surface area contributed by atoms with Crippen molar-refractivity contribution in [2.75, 3.05) is 13.6 Å². The lowest BCUT2D eigenvalue weighted by Gasteiger charge is -2.31. The normalized spacial score (nSPS) is 13.3. The zero-order chi connectivity index (χ0) is 25.5. The molecule has 1 aliphatic heterocycles. The van der Waals surface area contributed by atoms with E-state index in [9.17, 15) is 19.2 Å². The summed E-state index contributed by atoms with van der Waals surface area (Å²) in [7, 11) is 1.56. The lowest BCUT2D eigenvalue weighted by molar-refractivity contribution is -0.141. The Morgan fingerprint density at radius 2 is 1.33 bits per heavy atom. The van der Waals surface area contributed by atoms with Crippen LogP contribution in [0.3, 0.4) is 0 Å². The Kier molecular flexibility index (Phi) is 7.90. The number of likely N-dealkylation sites (N-methyl/N-ethyl adjacent to an activating group) is 1. The van der Waals surface area contributed by atoms with Crippen molar-refractivity contribution in [2.24, 2.45) is 0 Å². The maximum absolute atomic E-state index is 13.5. The predicted molar refractivity (Wildman–Crippen MR) is 136 cm³/mol. The first kappa shape index (κ1) is 24.9. The van der Waals surface area contributed by atoms with Crippen molar-refractivity contribution in [3.8, 4) is 0 Å². The molecule has 36 heavy (non-hydrogen) atoms. The van der Waals surface area contributed by atoms with Gasteiger partial charge in [0, 0.05) is 33.0 Å². The smallest absolute Gasteiger partial charge is 0.261 e. The molecular formula is C29H29N3O4. The van der Waals surface area contributed by atoms with Gasteiger partial charge in [0.2, 0.25) is 11.8 Å². The van der Waals surface area contributed by atoms with Crippen LogP contribution < -0.4 is 5.32 Å². The van der Waals surface area contributed by atoms with Crippen LogP contribution in [-0.2, 0) is 22.6 Å². The van der Waals surface area contributed by atoms with Gasteiger partial charge in [0.15, 0.2) is 0 Å². The van der Waals surface area contributed by atoms with E-state index in [0.717, 1.165) is 11.1 Å². The standard InChI is InChI=1S/C29H29N3O4/c1-30-27(34)25(19-21-11-4-2-5-12-21)32(20-22-13-6-3-7-14-22)26(33)17-10-18-31-28(35)23-15-8-9-16-24(23)29(31)36/h2-9,11-16,25H,10,17-20H2,1H3,(H,30,34)/t25-/m1/s1. The molecule has 4 rings (SSSR count). The minimum absolute atomic E-state index is 0.0997. The van der Waals surface area contributed by atoms with Crippen molar-refractivity contribution in [3.63, 3.8) is 0 Å². The summed E-state index contributed by atoms with van der Waals surface area (Å²) >= 11 is 0. The van der Waals surface area contributed by atoms with E-state index in [2.05, 4.69) is 5.32 Å². The molecule has 4 amide bonds. The SMILES string of the molecule is CNC(=O)[C@@H](Cc1ccccc1)N(Cc1ccccc1)C(=O)CCCN1C(=O)c2ccccc2C1=O. The summed E-state index contributed by atoms with van der Waals surface area (Å²) in [6, 6.07) is 25.1. The second-order valence-corrected chi connectivity index (χ2v) is 8.74. The van der Waals surface area contributed by atoms with Gasteiger partial charge in [-0.3, -0.25) is 24.1 Å². The van der Waals surface area contributed by atoms with Crippen molar-refractivity contribution in [2.45, 2.75) is 31.8 Å². The zero-order valence-electron chi connectivity index (χ0n) is 20.2. The molecule has 0 unspecified atom stereocenters. The first-order valence-electron chi connectivity index (χ1n) is 12.0. The molecule has 3 aromatic rings. The predicted octanol–water partition coefficient (Wildman–Crippen LogP) is 3.45. The quantitative estimate of drug-likeness (QED) is 0.448. The molecule has 1 aliphatic rings. The Morgan fingerprint density at radius 1 is 0.806 bits per heavy atom. The molecule has 184 valence electrons. The number of carbonyl (C=O) groups is 4. The maximum Gasteiger partial charge on any atom is 0.261 e. The fourth-order valence-electron chi connectivity index (χ4n) is 4.47. The highest BCUT2D eigenvalue weighted by Gasteiger charge is 2.35. The minimum atomic E-state index is -0.704. The van der Waals surface area contributed by atoms with Crippen LogP contribution in [0.25, 0.3) is 0 Å². The Balaban J connectivity index is 1.49. The maximum atomic E-state index is 13.5. The summed E-state index contributed by atoms with van der Waals surface area (Å²) in [4.78, 5) is 54.6. The Bertz CT molecular complexity index is 1210. The lowest BCUT2D eigenvalue weighted by atomic mass is 10.0. The largest absolute Gasteiger partial charge is 0.357 e. The Labute approximate surface area is 210 Å². The molecule has 1 atom stereocenters. The monoisotopic (exact) mass is 483 g/mol. The Hall–Kier alpha value is -4.26. The van der Waals surface area contributed by atoms with Crippen LogP contribution in [0.2, 0.25) is 0 Å². The van der Waals surface area contributed by atoms with Crippen molar-refractivity contribution in [3.05, 3.63) is 107 Å². The van der Waals surface area contributed by atoms with E-state index in [1.165, 1.54) is 4.90 Å². The van der Waals surface area contributed by atoms with Crippen molar-refractivity contribution in [1.29, 1.82) is 0 Å². The van der Waals surface area contributed by atoms with E-state index in [1.54, 1.807) is 36.2 Å². The molecule has 0 bridgehead atoms. The second-order valence-electron chi connectivity index (χ2n) is 8.74. The molecule has 0 aliphatic carbocycles. The van der Waals surface area contributed by atoms with Crippen LogP contribution in [0, 0.1) is 0 Å². The van der Waals surface area contributed by atoms with Crippen LogP contribution in [-0.4, -0.2) is 53.1 Å². The Morgan fingerprint density at radius 3 is 1.89 bits per heavy atom. The topological polar surface area (TPSA) is 86.8 Å². The van der Waals surface area contributed by atoms with Crippen LogP contribution in [0.15, 0.2) is 84.9 Å².